The predicted molar refractivity (Wildman–Crippen MR) is 136 cm³/mol. The van der Waals surface area contributed by atoms with E-state index in [-0.39, 0.29) is 5.56 Å². The van der Waals surface area contributed by atoms with E-state index in [9.17, 15) is 9.59 Å². The number of aromatic amines is 1. The number of benzene rings is 2. The number of hydrogen-bond acceptors (Lipinski definition) is 6. The lowest BCUT2D eigenvalue weighted by molar-refractivity contribution is 0.102. The van der Waals surface area contributed by atoms with Crippen LogP contribution in [0.5, 0.6) is 5.75 Å². The largest absolute Gasteiger partial charge is 0.497 e. The predicted octanol–water partition coefficient (Wildman–Crippen LogP) is 3.04. The van der Waals surface area contributed by atoms with Gasteiger partial charge in [-0.2, -0.15) is 0 Å². The summed E-state index contributed by atoms with van der Waals surface area (Å²) in [6.45, 7) is 4.44. The fourth-order valence-corrected chi connectivity index (χ4v) is 4.06. The number of hydrogen-bond donors (Lipinski definition) is 3. The number of methoxy groups -OCH3 is 1. The van der Waals surface area contributed by atoms with Crippen molar-refractivity contribution in [1.82, 2.24) is 9.88 Å². The van der Waals surface area contributed by atoms with E-state index in [1.54, 1.807) is 19.4 Å². The zero-order chi connectivity index (χ0) is 23.9. The first-order chi connectivity index (χ1) is 16.5. The van der Waals surface area contributed by atoms with Gasteiger partial charge < -0.3 is 30.2 Å². The molecule has 1 aliphatic heterocycles. The van der Waals surface area contributed by atoms with Crippen LogP contribution in [0.3, 0.4) is 0 Å². The molecule has 2 aromatic carbocycles. The molecule has 1 amide bonds. The summed E-state index contributed by atoms with van der Waals surface area (Å²) in [4.78, 5) is 32.9. The summed E-state index contributed by atoms with van der Waals surface area (Å²) >= 11 is 0. The van der Waals surface area contributed by atoms with Crippen LogP contribution in [0.1, 0.15) is 15.9 Å². The van der Waals surface area contributed by atoms with Crippen molar-refractivity contribution in [2.45, 2.75) is 6.42 Å². The van der Waals surface area contributed by atoms with Crippen LogP contribution in [-0.4, -0.2) is 62.7 Å². The first-order valence-electron chi connectivity index (χ1n) is 11.5. The van der Waals surface area contributed by atoms with Crippen molar-refractivity contribution in [2.75, 3.05) is 62.4 Å². The maximum atomic E-state index is 13.1. The maximum Gasteiger partial charge on any atom is 0.263 e. The summed E-state index contributed by atoms with van der Waals surface area (Å²) in [5.74, 6) is 0.355. The number of anilines is 3. The van der Waals surface area contributed by atoms with Gasteiger partial charge in [-0.25, -0.2) is 0 Å². The fourth-order valence-electron chi connectivity index (χ4n) is 4.06. The third-order valence-electron chi connectivity index (χ3n) is 6.02. The van der Waals surface area contributed by atoms with Crippen molar-refractivity contribution in [3.63, 3.8) is 0 Å². The van der Waals surface area contributed by atoms with Gasteiger partial charge >= 0.3 is 0 Å². The zero-order valence-corrected chi connectivity index (χ0v) is 19.6. The molecule has 0 spiro atoms. The topological polar surface area (TPSA) is 89.7 Å². The SMILES string of the molecule is COc1cccc(CCNc2cc[nH]c(=O)c2C(=O)Nc2cccc(N3CCN(C)CC3)c2)c1. The number of carbonyl (C=O) groups is 1. The molecule has 0 aliphatic carbocycles. The lowest BCUT2D eigenvalue weighted by Crippen LogP contribution is -2.44. The van der Waals surface area contributed by atoms with Gasteiger partial charge in [0, 0.05) is 50.3 Å². The quantitative estimate of drug-likeness (QED) is 0.478. The highest BCUT2D eigenvalue weighted by Gasteiger charge is 2.18. The highest BCUT2D eigenvalue weighted by Crippen LogP contribution is 2.22. The second-order valence-corrected chi connectivity index (χ2v) is 8.42. The number of pyridine rings is 1. The third kappa shape index (κ3) is 5.77. The molecule has 4 rings (SSSR count). The van der Waals surface area contributed by atoms with E-state index < -0.39 is 11.5 Å². The van der Waals surface area contributed by atoms with E-state index in [1.807, 2.05) is 48.5 Å². The van der Waals surface area contributed by atoms with Gasteiger partial charge in [0.1, 0.15) is 11.3 Å². The molecule has 0 bridgehead atoms. The number of ether oxygens (including phenoxy) is 1. The number of rotatable bonds is 8. The number of likely N-dealkylation sites (N-methyl/N-ethyl adjacent to an activating group) is 1. The molecular weight excluding hydrogens is 430 g/mol. The first kappa shape index (κ1) is 23.4. The van der Waals surface area contributed by atoms with Crippen molar-refractivity contribution in [3.05, 3.63) is 82.3 Å². The van der Waals surface area contributed by atoms with Gasteiger partial charge in [0.25, 0.3) is 11.5 Å². The van der Waals surface area contributed by atoms with Crippen molar-refractivity contribution in [3.8, 4) is 5.75 Å². The molecular formula is C26H31N5O3. The van der Waals surface area contributed by atoms with Crippen LogP contribution in [0.4, 0.5) is 17.1 Å². The molecule has 3 N–H and O–H groups in total. The molecule has 1 aliphatic rings. The molecule has 2 heterocycles. The highest BCUT2D eigenvalue weighted by atomic mass is 16.5. The average molecular weight is 462 g/mol. The van der Waals surface area contributed by atoms with Gasteiger partial charge in [0.15, 0.2) is 0 Å². The summed E-state index contributed by atoms with van der Waals surface area (Å²) in [6.07, 6.45) is 2.26. The Bertz CT molecular complexity index is 1180. The highest BCUT2D eigenvalue weighted by molar-refractivity contribution is 6.07. The number of nitrogens with zero attached hydrogens (tertiary/aromatic N) is 2. The minimum atomic E-state index is -0.443. The Morgan fingerprint density at radius 3 is 2.65 bits per heavy atom. The Labute approximate surface area is 199 Å². The molecule has 34 heavy (non-hydrogen) atoms. The summed E-state index contributed by atoms with van der Waals surface area (Å²) in [7, 11) is 3.76. The molecule has 0 unspecified atom stereocenters. The monoisotopic (exact) mass is 461 g/mol. The average Bonchev–Trinajstić information content (AvgIpc) is 2.85. The smallest absolute Gasteiger partial charge is 0.263 e. The van der Waals surface area contributed by atoms with E-state index in [1.165, 1.54) is 0 Å². The van der Waals surface area contributed by atoms with Gasteiger partial charge in [-0.15, -0.1) is 0 Å². The van der Waals surface area contributed by atoms with E-state index in [0.29, 0.717) is 17.9 Å². The van der Waals surface area contributed by atoms with Gasteiger partial charge in [-0.05, 0) is 55.4 Å². The molecule has 8 nitrogen and oxygen atoms in total. The fraction of sp³-hybridized carbons (Fsp3) is 0.308. The lowest BCUT2D eigenvalue weighted by atomic mass is 10.1. The number of carbonyl (C=O) groups excluding carboxylic acids is 1. The van der Waals surface area contributed by atoms with Crippen LogP contribution in [0.15, 0.2) is 65.6 Å². The normalized spacial score (nSPS) is 14.0. The maximum absolute atomic E-state index is 13.1. The molecule has 0 atom stereocenters. The minimum absolute atomic E-state index is 0.0677. The Kier molecular flexibility index (Phi) is 7.49. The van der Waals surface area contributed by atoms with Crippen molar-refractivity contribution >= 4 is 23.0 Å². The van der Waals surface area contributed by atoms with Gasteiger partial charge in [-0.1, -0.05) is 18.2 Å². The minimum Gasteiger partial charge on any atom is -0.497 e. The van der Waals surface area contributed by atoms with E-state index in [0.717, 1.165) is 49.6 Å². The molecule has 3 aromatic rings. The summed E-state index contributed by atoms with van der Waals surface area (Å²) in [5, 5.41) is 6.14. The number of amides is 1. The van der Waals surface area contributed by atoms with Gasteiger partial charge in [0.2, 0.25) is 0 Å². The molecule has 8 heteroatoms. The van der Waals surface area contributed by atoms with Crippen LogP contribution in [-0.2, 0) is 6.42 Å². The Hall–Kier alpha value is -3.78. The number of piperazine rings is 1. The zero-order valence-electron chi connectivity index (χ0n) is 19.6. The van der Waals surface area contributed by atoms with Crippen molar-refractivity contribution in [1.29, 1.82) is 0 Å². The summed E-state index contributed by atoms with van der Waals surface area (Å²) in [5.41, 5.74) is 2.96. The van der Waals surface area contributed by atoms with Gasteiger partial charge in [0.05, 0.1) is 12.8 Å². The standard InChI is InChI=1S/C26H31N5O3/c1-30-13-15-31(16-14-30)21-7-4-6-20(18-21)29-26(33)24-23(10-12-28-25(24)32)27-11-9-19-5-3-8-22(17-19)34-2/h3-8,10,12,17-18H,9,11,13-16H2,1-2H3,(H,29,33)(H2,27,28,32). The van der Waals surface area contributed by atoms with Crippen molar-refractivity contribution in [2.24, 2.45) is 0 Å². The summed E-state index contributed by atoms with van der Waals surface area (Å²) < 4.78 is 5.27. The van der Waals surface area contributed by atoms with E-state index in [2.05, 4.69) is 32.5 Å². The Morgan fingerprint density at radius 2 is 1.85 bits per heavy atom. The van der Waals surface area contributed by atoms with E-state index >= 15 is 0 Å². The van der Waals surface area contributed by atoms with Crippen LogP contribution < -0.4 is 25.8 Å². The first-order valence-corrected chi connectivity index (χ1v) is 11.5. The van der Waals surface area contributed by atoms with Gasteiger partial charge in [-0.3, -0.25) is 9.59 Å². The van der Waals surface area contributed by atoms with Crippen LogP contribution in [0, 0.1) is 0 Å². The van der Waals surface area contributed by atoms with Crippen LogP contribution in [0.25, 0.3) is 0 Å². The molecule has 1 aromatic heterocycles. The number of H-pyrrole nitrogens is 1. The molecule has 1 fully saturated rings. The third-order valence-corrected chi connectivity index (χ3v) is 6.02. The number of nitrogens with one attached hydrogen (secondary N) is 3. The second-order valence-electron chi connectivity index (χ2n) is 8.42. The Morgan fingerprint density at radius 1 is 1.06 bits per heavy atom. The number of aromatic nitrogens is 1. The van der Waals surface area contributed by atoms with E-state index in [4.69, 9.17) is 4.74 Å². The van der Waals surface area contributed by atoms with Crippen LogP contribution >= 0.6 is 0 Å². The Balaban J connectivity index is 1.44. The molecule has 1 saturated heterocycles. The molecule has 0 radical (unpaired) electrons. The second kappa shape index (κ2) is 10.9. The summed E-state index contributed by atoms with van der Waals surface area (Å²) in [6, 6.07) is 17.3. The molecule has 0 saturated carbocycles. The lowest BCUT2D eigenvalue weighted by Gasteiger charge is -2.34. The van der Waals surface area contributed by atoms with Crippen molar-refractivity contribution < 1.29 is 9.53 Å². The van der Waals surface area contributed by atoms with Crippen LogP contribution in [0.2, 0.25) is 0 Å². The molecule has 178 valence electrons.